The van der Waals surface area contributed by atoms with Gasteiger partial charge in [-0.25, -0.2) is 0 Å². The number of hydrogen-bond acceptors (Lipinski definition) is 2. The van der Waals surface area contributed by atoms with E-state index in [1.54, 1.807) is 9.80 Å². The number of nitrogens with zero attached hydrogens (tertiary/aromatic N) is 2. The average Bonchev–Trinajstić information content (AvgIpc) is 3.33. The van der Waals surface area contributed by atoms with Crippen molar-refractivity contribution < 1.29 is 9.59 Å². The Balaban J connectivity index is 1.52. The Morgan fingerprint density at radius 1 is 0.500 bits per heavy atom. The summed E-state index contributed by atoms with van der Waals surface area (Å²) in [5.41, 5.74) is 8.28. The Kier molecular flexibility index (Phi) is 5.04. The molecule has 0 bridgehead atoms. The first-order chi connectivity index (χ1) is 15.8. The van der Waals surface area contributed by atoms with Crippen LogP contribution in [0.5, 0.6) is 0 Å². The van der Waals surface area contributed by atoms with Crippen LogP contribution in [-0.4, -0.2) is 21.6 Å². The van der Waals surface area contributed by atoms with Gasteiger partial charge in [0.2, 0.25) is 0 Å². The molecule has 4 nitrogen and oxygen atoms in total. The number of rotatable bonds is 0. The lowest BCUT2D eigenvalue weighted by Gasteiger charge is -2.29. The summed E-state index contributed by atoms with van der Waals surface area (Å²) in [6.07, 6.45) is 24.3. The average molecular weight is 429 g/mol. The van der Waals surface area contributed by atoms with Crippen LogP contribution in [0, 0.1) is 0 Å². The van der Waals surface area contributed by atoms with Crippen molar-refractivity contribution in [2.45, 2.75) is 89.9 Å². The maximum atomic E-state index is 13.7. The lowest BCUT2D eigenvalue weighted by atomic mass is 9.91. The highest BCUT2D eigenvalue weighted by Gasteiger charge is 2.50. The SMILES string of the molecule is O=C1C2=C3C4=C(C=CN3C(=O)C2=C2C3=C(C=CN12)CCCCCCC3)CCCCCCC4. The van der Waals surface area contributed by atoms with Crippen molar-refractivity contribution in [3.63, 3.8) is 0 Å². The Morgan fingerprint density at radius 2 is 0.875 bits per heavy atom. The molecule has 0 atom stereocenters. The highest BCUT2D eigenvalue weighted by atomic mass is 16.2. The summed E-state index contributed by atoms with van der Waals surface area (Å²) < 4.78 is 0. The molecule has 0 N–H and O–H groups in total. The molecule has 166 valence electrons. The van der Waals surface area contributed by atoms with Crippen LogP contribution in [0.15, 0.2) is 69.4 Å². The van der Waals surface area contributed by atoms with Gasteiger partial charge in [0.05, 0.1) is 22.5 Å². The number of allylic oxidation sites excluding steroid dienone is 6. The van der Waals surface area contributed by atoms with Crippen LogP contribution in [-0.2, 0) is 9.59 Å². The molecule has 4 heteroatoms. The smallest absolute Gasteiger partial charge is 0.265 e. The van der Waals surface area contributed by atoms with E-state index in [0.29, 0.717) is 11.1 Å². The van der Waals surface area contributed by atoms with Crippen molar-refractivity contribution >= 4 is 11.8 Å². The first-order valence-electron chi connectivity index (χ1n) is 12.7. The molecule has 0 radical (unpaired) electrons. The molecular formula is C28H32N2O2. The van der Waals surface area contributed by atoms with E-state index in [0.717, 1.165) is 49.9 Å². The Labute approximate surface area is 190 Å². The summed E-state index contributed by atoms with van der Waals surface area (Å²) in [6, 6.07) is 0. The zero-order valence-corrected chi connectivity index (χ0v) is 18.9. The van der Waals surface area contributed by atoms with E-state index >= 15 is 0 Å². The van der Waals surface area contributed by atoms with E-state index in [9.17, 15) is 9.59 Å². The molecule has 0 aromatic heterocycles. The van der Waals surface area contributed by atoms with Gasteiger partial charge in [-0.1, -0.05) is 38.5 Å². The van der Waals surface area contributed by atoms with E-state index in [1.165, 1.54) is 73.7 Å². The third-order valence-electron chi connectivity index (χ3n) is 8.01. The second-order valence-corrected chi connectivity index (χ2v) is 9.97. The molecule has 6 aliphatic rings. The molecule has 4 heterocycles. The van der Waals surface area contributed by atoms with E-state index in [1.807, 2.05) is 12.4 Å². The van der Waals surface area contributed by atoms with Crippen LogP contribution in [0.2, 0.25) is 0 Å². The Bertz CT molecular complexity index is 993. The van der Waals surface area contributed by atoms with Crippen LogP contribution in [0.4, 0.5) is 0 Å². The molecule has 0 spiro atoms. The maximum absolute atomic E-state index is 13.7. The molecule has 0 aromatic rings. The molecule has 2 amide bonds. The van der Waals surface area contributed by atoms with Crippen molar-refractivity contribution in [1.29, 1.82) is 0 Å². The molecule has 32 heavy (non-hydrogen) atoms. The maximum Gasteiger partial charge on any atom is 0.265 e. The number of amides is 2. The molecule has 0 fully saturated rings. The number of carbonyl (C=O) groups is 2. The molecule has 0 saturated carbocycles. The fraction of sp³-hybridized carbons (Fsp3) is 0.500. The fourth-order valence-corrected chi connectivity index (χ4v) is 6.37. The van der Waals surface area contributed by atoms with Crippen molar-refractivity contribution in [2.75, 3.05) is 0 Å². The largest absolute Gasteiger partial charge is 0.283 e. The van der Waals surface area contributed by atoms with Gasteiger partial charge in [-0.15, -0.1) is 0 Å². The van der Waals surface area contributed by atoms with Gasteiger partial charge in [-0.2, -0.15) is 0 Å². The first-order valence-corrected chi connectivity index (χ1v) is 12.7. The zero-order chi connectivity index (χ0) is 21.7. The van der Waals surface area contributed by atoms with Gasteiger partial charge in [-0.05, 0) is 85.8 Å². The molecule has 2 aliphatic carbocycles. The summed E-state index contributed by atoms with van der Waals surface area (Å²) >= 11 is 0. The van der Waals surface area contributed by atoms with Gasteiger partial charge in [0.1, 0.15) is 0 Å². The Morgan fingerprint density at radius 3 is 1.31 bits per heavy atom. The topological polar surface area (TPSA) is 40.6 Å². The van der Waals surface area contributed by atoms with Gasteiger partial charge in [0.15, 0.2) is 0 Å². The lowest BCUT2D eigenvalue weighted by molar-refractivity contribution is -0.122. The van der Waals surface area contributed by atoms with E-state index in [4.69, 9.17) is 0 Å². The fourth-order valence-electron chi connectivity index (χ4n) is 6.37. The summed E-state index contributed by atoms with van der Waals surface area (Å²) in [6.45, 7) is 0. The van der Waals surface area contributed by atoms with Gasteiger partial charge in [-0.3, -0.25) is 19.4 Å². The number of hydrogen-bond donors (Lipinski definition) is 0. The van der Waals surface area contributed by atoms with Crippen molar-refractivity contribution in [1.82, 2.24) is 9.80 Å². The normalized spacial score (nSPS) is 26.1. The number of carbonyl (C=O) groups excluding carboxylic acids is 2. The van der Waals surface area contributed by atoms with E-state index in [-0.39, 0.29) is 11.8 Å². The molecule has 0 aromatic carbocycles. The molecule has 0 unspecified atom stereocenters. The van der Waals surface area contributed by atoms with Crippen molar-refractivity contribution in [3.05, 3.63) is 69.4 Å². The summed E-state index contributed by atoms with van der Waals surface area (Å²) in [5.74, 6) is -0.0175. The third-order valence-corrected chi connectivity index (χ3v) is 8.01. The summed E-state index contributed by atoms with van der Waals surface area (Å²) in [4.78, 5) is 31.1. The summed E-state index contributed by atoms with van der Waals surface area (Å²) in [5, 5.41) is 0. The minimum atomic E-state index is -0.00876. The van der Waals surface area contributed by atoms with Crippen LogP contribution in [0.25, 0.3) is 0 Å². The predicted octanol–water partition coefficient (Wildman–Crippen LogP) is 6.32. The predicted molar refractivity (Wildman–Crippen MR) is 125 cm³/mol. The van der Waals surface area contributed by atoms with Gasteiger partial charge in [0.25, 0.3) is 11.8 Å². The minimum Gasteiger partial charge on any atom is -0.283 e. The van der Waals surface area contributed by atoms with E-state index < -0.39 is 0 Å². The van der Waals surface area contributed by atoms with Crippen LogP contribution in [0.1, 0.15) is 89.9 Å². The number of fused-ring (bicyclic) bond motifs is 5. The molecule has 4 aliphatic heterocycles. The quantitative estimate of drug-likeness (QED) is 0.453. The minimum absolute atomic E-state index is 0.00876. The van der Waals surface area contributed by atoms with Gasteiger partial charge >= 0.3 is 0 Å². The first kappa shape index (κ1) is 20.0. The van der Waals surface area contributed by atoms with Gasteiger partial charge < -0.3 is 0 Å². The molecular weight excluding hydrogens is 396 g/mol. The van der Waals surface area contributed by atoms with Crippen molar-refractivity contribution in [3.8, 4) is 0 Å². The summed E-state index contributed by atoms with van der Waals surface area (Å²) in [7, 11) is 0. The highest BCUT2D eigenvalue weighted by Crippen LogP contribution is 2.50. The van der Waals surface area contributed by atoms with Crippen molar-refractivity contribution in [2.24, 2.45) is 0 Å². The monoisotopic (exact) mass is 428 g/mol. The van der Waals surface area contributed by atoms with Gasteiger partial charge in [0, 0.05) is 12.4 Å². The third kappa shape index (κ3) is 3.02. The zero-order valence-electron chi connectivity index (χ0n) is 18.9. The van der Waals surface area contributed by atoms with Crippen LogP contribution in [0.3, 0.4) is 0 Å². The lowest BCUT2D eigenvalue weighted by Crippen LogP contribution is -2.29. The second-order valence-electron chi connectivity index (χ2n) is 9.97. The van der Waals surface area contributed by atoms with Crippen LogP contribution < -0.4 is 0 Å². The van der Waals surface area contributed by atoms with E-state index in [2.05, 4.69) is 12.2 Å². The molecule has 0 saturated heterocycles. The second kappa shape index (κ2) is 8.06. The Hall–Kier alpha value is -2.62. The standard InChI is InChI=1S/C28H32N2O2/c31-27-23-24(26-22-14-10-6-2-4-8-12-20(22)16-18-30(26)27)28(32)29-17-15-19-11-7-3-1-5-9-13-21(19)25(23)29/h15-18H,1-14H2. The molecule has 6 rings (SSSR count). The van der Waals surface area contributed by atoms with Crippen LogP contribution >= 0.6 is 0 Å². The highest BCUT2D eigenvalue weighted by molar-refractivity contribution is 6.21.